The number of hydrogen-bond donors (Lipinski definition) is 0. The summed E-state index contributed by atoms with van der Waals surface area (Å²) in [4.78, 5) is 4.86. The van der Waals surface area contributed by atoms with Crippen LogP contribution in [0, 0.1) is 6.92 Å². The molecule has 0 spiro atoms. The van der Waals surface area contributed by atoms with Crippen molar-refractivity contribution in [2.24, 2.45) is 0 Å². The average molecular weight is 397 g/mol. The lowest BCUT2D eigenvalue weighted by molar-refractivity contribution is 0.249. The van der Waals surface area contributed by atoms with Crippen LogP contribution in [0.1, 0.15) is 11.3 Å². The minimum Gasteiger partial charge on any atom is -0.497 e. The van der Waals surface area contributed by atoms with E-state index >= 15 is 0 Å². The maximum absolute atomic E-state index is 6.69. The van der Waals surface area contributed by atoms with E-state index in [9.17, 15) is 0 Å². The van der Waals surface area contributed by atoms with Crippen molar-refractivity contribution >= 4 is 17.3 Å². The van der Waals surface area contributed by atoms with Crippen molar-refractivity contribution in [3.63, 3.8) is 0 Å². The van der Waals surface area contributed by atoms with E-state index in [4.69, 9.17) is 16.3 Å². The van der Waals surface area contributed by atoms with E-state index in [2.05, 4.69) is 27.0 Å². The van der Waals surface area contributed by atoms with E-state index in [1.54, 1.807) is 7.11 Å². The Bertz CT molecular complexity index is 916. The van der Waals surface area contributed by atoms with E-state index in [1.807, 2.05) is 54.1 Å². The van der Waals surface area contributed by atoms with Crippen molar-refractivity contribution in [2.75, 3.05) is 38.2 Å². The van der Waals surface area contributed by atoms with E-state index < -0.39 is 0 Å². The van der Waals surface area contributed by atoms with Crippen LogP contribution in [0.5, 0.6) is 5.75 Å². The first-order chi connectivity index (χ1) is 13.7. The van der Waals surface area contributed by atoms with Gasteiger partial charge in [-0.25, -0.2) is 4.68 Å². The molecule has 1 aliphatic heterocycles. The van der Waals surface area contributed by atoms with E-state index in [0.29, 0.717) is 5.15 Å². The molecular formula is C22H25ClN4O. The van der Waals surface area contributed by atoms with Gasteiger partial charge in [0.1, 0.15) is 10.9 Å². The summed E-state index contributed by atoms with van der Waals surface area (Å²) in [5, 5.41) is 5.37. The lowest BCUT2D eigenvalue weighted by atomic mass is 10.2. The zero-order valence-electron chi connectivity index (χ0n) is 16.3. The Morgan fingerprint density at radius 2 is 1.61 bits per heavy atom. The number of hydrogen-bond acceptors (Lipinski definition) is 4. The van der Waals surface area contributed by atoms with Gasteiger partial charge in [-0.1, -0.05) is 29.8 Å². The second-order valence-corrected chi connectivity index (χ2v) is 7.42. The Balaban J connectivity index is 1.42. The summed E-state index contributed by atoms with van der Waals surface area (Å²) >= 11 is 6.69. The summed E-state index contributed by atoms with van der Waals surface area (Å²) in [6, 6.07) is 18.3. The third-order valence-corrected chi connectivity index (χ3v) is 5.70. The number of ether oxygens (including phenoxy) is 1. The molecule has 0 unspecified atom stereocenters. The van der Waals surface area contributed by atoms with Gasteiger partial charge < -0.3 is 9.64 Å². The summed E-state index contributed by atoms with van der Waals surface area (Å²) in [5.41, 5.74) is 4.34. The number of benzene rings is 2. The molecule has 146 valence electrons. The molecule has 0 bridgehead atoms. The first-order valence-corrected chi connectivity index (χ1v) is 9.94. The minimum atomic E-state index is 0.710. The number of para-hydroxylation sites is 1. The Labute approximate surface area is 171 Å². The third kappa shape index (κ3) is 3.86. The first-order valence-electron chi connectivity index (χ1n) is 9.56. The average Bonchev–Trinajstić information content (AvgIpc) is 3.03. The van der Waals surface area contributed by atoms with E-state index in [-0.39, 0.29) is 0 Å². The summed E-state index contributed by atoms with van der Waals surface area (Å²) in [7, 11) is 1.70. The van der Waals surface area contributed by atoms with Crippen LogP contribution in [-0.4, -0.2) is 48.0 Å². The predicted molar refractivity (Wildman–Crippen MR) is 114 cm³/mol. The van der Waals surface area contributed by atoms with Gasteiger partial charge in [0.15, 0.2) is 0 Å². The predicted octanol–water partition coefficient (Wildman–Crippen LogP) is 4.16. The molecule has 1 aromatic heterocycles. The highest BCUT2D eigenvalue weighted by molar-refractivity contribution is 6.30. The van der Waals surface area contributed by atoms with Crippen LogP contribution in [0.25, 0.3) is 5.69 Å². The Morgan fingerprint density at radius 3 is 2.25 bits per heavy atom. The van der Waals surface area contributed by atoms with Gasteiger partial charge in [0.25, 0.3) is 0 Å². The third-order valence-electron chi connectivity index (χ3n) is 5.31. The number of nitrogens with zero attached hydrogens (tertiary/aromatic N) is 4. The fourth-order valence-electron chi connectivity index (χ4n) is 3.63. The maximum Gasteiger partial charge on any atom is 0.137 e. The quantitative estimate of drug-likeness (QED) is 0.648. The van der Waals surface area contributed by atoms with Crippen molar-refractivity contribution in [1.29, 1.82) is 0 Å². The van der Waals surface area contributed by atoms with E-state index in [1.165, 1.54) is 5.69 Å². The molecule has 28 heavy (non-hydrogen) atoms. The minimum absolute atomic E-state index is 0.710. The van der Waals surface area contributed by atoms with Crippen molar-refractivity contribution in [2.45, 2.75) is 13.5 Å². The molecule has 0 atom stereocenters. The molecule has 3 aromatic rings. The van der Waals surface area contributed by atoms with Gasteiger partial charge in [-0.15, -0.1) is 0 Å². The highest BCUT2D eigenvalue weighted by Crippen LogP contribution is 2.26. The second kappa shape index (κ2) is 8.25. The van der Waals surface area contributed by atoms with Crippen LogP contribution < -0.4 is 9.64 Å². The lowest BCUT2D eigenvalue weighted by Crippen LogP contribution is -2.46. The van der Waals surface area contributed by atoms with Gasteiger partial charge in [-0.05, 0) is 43.3 Å². The smallest absolute Gasteiger partial charge is 0.137 e. The number of aromatic nitrogens is 2. The Hall–Kier alpha value is -2.50. The molecule has 2 aromatic carbocycles. The standard InChI is InChI=1S/C22H25ClN4O/c1-17-21(22(23)27(24-17)19-6-4-3-5-7-19)16-25-12-14-26(15-13-25)18-8-10-20(28-2)11-9-18/h3-11H,12-16H2,1-2H3. The first kappa shape index (κ1) is 18.8. The second-order valence-electron chi connectivity index (χ2n) is 7.06. The SMILES string of the molecule is COc1ccc(N2CCN(Cc3c(C)nn(-c4ccccc4)c3Cl)CC2)cc1. The molecule has 4 rings (SSSR count). The van der Waals surface area contributed by atoms with Crippen molar-refractivity contribution in [3.8, 4) is 11.4 Å². The fourth-order valence-corrected chi connectivity index (χ4v) is 3.96. The van der Waals surface area contributed by atoms with Gasteiger partial charge in [0, 0.05) is 44.0 Å². The zero-order chi connectivity index (χ0) is 19.5. The normalized spacial score (nSPS) is 15.0. The van der Waals surface area contributed by atoms with Gasteiger partial charge in [-0.3, -0.25) is 4.90 Å². The molecule has 0 saturated carbocycles. The molecule has 2 heterocycles. The van der Waals surface area contributed by atoms with Crippen LogP contribution in [-0.2, 0) is 6.54 Å². The number of halogens is 1. The van der Waals surface area contributed by atoms with Gasteiger partial charge >= 0.3 is 0 Å². The van der Waals surface area contributed by atoms with E-state index in [0.717, 1.165) is 55.4 Å². The van der Waals surface area contributed by atoms with Crippen molar-refractivity contribution in [3.05, 3.63) is 71.0 Å². The Kier molecular flexibility index (Phi) is 5.55. The van der Waals surface area contributed by atoms with Crippen LogP contribution >= 0.6 is 11.6 Å². The number of methoxy groups -OCH3 is 1. The number of piperazine rings is 1. The molecule has 1 saturated heterocycles. The van der Waals surface area contributed by atoms with Gasteiger partial charge in [0.05, 0.1) is 18.5 Å². The van der Waals surface area contributed by atoms with Crippen LogP contribution in [0.4, 0.5) is 5.69 Å². The fraction of sp³-hybridized carbons (Fsp3) is 0.318. The molecule has 1 fully saturated rings. The summed E-state index contributed by atoms with van der Waals surface area (Å²) in [5.74, 6) is 0.892. The van der Waals surface area contributed by atoms with Gasteiger partial charge in [0.2, 0.25) is 0 Å². The number of rotatable bonds is 5. The number of anilines is 1. The zero-order valence-corrected chi connectivity index (χ0v) is 17.1. The summed E-state index contributed by atoms with van der Waals surface area (Å²) in [6.07, 6.45) is 0. The molecule has 6 heteroatoms. The monoisotopic (exact) mass is 396 g/mol. The van der Waals surface area contributed by atoms with Crippen LogP contribution in [0.2, 0.25) is 5.15 Å². The lowest BCUT2D eigenvalue weighted by Gasteiger charge is -2.36. The van der Waals surface area contributed by atoms with Crippen molar-refractivity contribution < 1.29 is 4.74 Å². The highest BCUT2D eigenvalue weighted by Gasteiger charge is 2.21. The van der Waals surface area contributed by atoms with Crippen molar-refractivity contribution in [1.82, 2.24) is 14.7 Å². The molecule has 0 N–H and O–H groups in total. The Morgan fingerprint density at radius 1 is 0.929 bits per heavy atom. The maximum atomic E-state index is 6.69. The topological polar surface area (TPSA) is 33.5 Å². The summed E-state index contributed by atoms with van der Waals surface area (Å²) < 4.78 is 7.08. The van der Waals surface area contributed by atoms with Crippen LogP contribution in [0.3, 0.4) is 0 Å². The largest absolute Gasteiger partial charge is 0.497 e. The number of aryl methyl sites for hydroxylation is 1. The highest BCUT2D eigenvalue weighted by atomic mass is 35.5. The van der Waals surface area contributed by atoms with Crippen LogP contribution in [0.15, 0.2) is 54.6 Å². The molecule has 1 aliphatic rings. The molecular weight excluding hydrogens is 372 g/mol. The molecule has 0 aliphatic carbocycles. The summed E-state index contributed by atoms with van der Waals surface area (Å²) in [6.45, 7) is 6.85. The molecule has 0 amide bonds. The van der Waals surface area contributed by atoms with Gasteiger partial charge in [-0.2, -0.15) is 5.10 Å². The molecule has 0 radical (unpaired) electrons. The molecule has 5 nitrogen and oxygen atoms in total.